The maximum absolute atomic E-state index is 14.0. The van der Waals surface area contributed by atoms with Crippen molar-refractivity contribution in [2.75, 3.05) is 6.61 Å². The molecule has 0 aromatic heterocycles. The molecule has 0 amide bonds. The van der Waals surface area contributed by atoms with Gasteiger partial charge in [0.15, 0.2) is 0 Å². The fourth-order valence-corrected chi connectivity index (χ4v) is 5.72. The van der Waals surface area contributed by atoms with E-state index in [1.165, 1.54) is 0 Å². The number of rotatable bonds is 7. The average Bonchev–Trinajstić information content (AvgIpc) is 2.64. The van der Waals surface area contributed by atoms with Gasteiger partial charge in [-0.2, -0.15) is 0 Å². The molecule has 1 atom stereocenters. The molecular formula is C21H26NO2P. The van der Waals surface area contributed by atoms with E-state index in [1.807, 2.05) is 54.1 Å². The summed E-state index contributed by atoms with van der Waals surface area (Å²) in [5, 5.41) is 0.813. The van der Waals surface area contributed by atoms with E-state index in [0.717, 1.165) is 41.4 Å². The number of benzene rings is 2. The minimum Gasteiger partial charge on any atom is -0.633 e. The number of hydrogen-bond acceptors (Lipinski definition) is 3. The summed E-state index contributed by atoms with van der Waals surface area (Å²) >= 11 is 0. The van der Waals surface area contributed by atoms with E-state index >= 15 is 0 Å². The summed E-state index contributed by atoms with van der Waals surface area (Å²) in [6.07, 6.45) is 5.28. The largest absolute Gasteiger partial charge is 0.633 e. The van der Waals surface area contributed by atoms with E-state index in [2.05, 4.69) is 25.1 Å². The summed E-state index contributed by atoms with van der Waals surface area (Å²) in [6, 6.07) is 18.1. The third-order valence-corrected chi connectivity index (χ3v) is 7.14. The molecule has 1 unspecified atom stereocenters. The standard InChI is InChI=1S/C21H26NO2P/c1-3-5-14-20-16-19-13-9-10-15-21(19)25(23,24-4-2)22(20)17-18-11-7-6-8-12-18/h6-13,15-16H,3-5,14,17H2,1-2H3. The summed E-state index contributed by atoms with van der Waals surface area (Å²) in [4.78, 5) is 14.0. The van der Waals surface area contributed by atoms with Crippen molar-refractivity contribution in [1.82, 2.24) is 4.67 Å². The number of fused-ring (bicyclic) bond motifs is 1. The normalized spacial score (nSPS) is 19.5. The van der Waals surface area contributed by atoms with Crippen molar-refractivity contribution in [3.63, 3.8) is 0 Å². The Morgan fingerprint density at radius 2 is 1.72 bits per heavy atom. The summed E-state index contributed by atoms with van der Waals surface area (Å²) in [5.74, 6) is 0. The fourth-order valence-electron chi connectivity index (χ4n) is 3.24. The maximum atomic E-state index is 14.0. The van der Waals surface area contributed by atoms with Crippen LogP contribution in [0.2, 0.25) is 0 Å². The van der Waals surface area contributed by atoms with Gasteiger partial charge in [-0.3, -0.25) is 0 Å². The lowest BCUT2D eigenvalue weighted by atomic mass is 10.1. The summed E-state index contributed by atoms with van der Waals surface area (Å²) in [7, 11) is -3.11. The first-order valence-electron chi connectivity index (χ1n) is 9.05. The van der Waals surface area contributed by atoms with Crippen LogP contribution in [0.4, 0.5) is 0 Å². The highest BCUT2D eigenvalue weighted by Gasteiger charge is 2.44. The van der Waals surface area contributed by atoms with Crippen LogP contribution in [0.3, 0.4) is 0 Å². The van der Waals surface area contributed by atoms with Gasteiger partial charge in [0.1, 0.15) is 5.30 Å². The molecule has 0 aliphatic carbocycles. The van der Waals surface area contributed by atoms with Crippen LogP contribution >= 0.6 is 7.87 Å². The van der Waals surface area contributed by atoms with E-state index in [-0.39, 0.29) is 0 Å². The highest BCUT2D eigenvalue weighted by atomic mass is 31.2. The van der Waals surface area contributed by atoms with Crippen LogP contribution in [0.5, 0.6) is 0 Å². The van der Waals surface area contributed by atoms with Gasteiger partial charge in [-0.15, -0.1) is 0 Å². The molecular weight excluding hydrogens is 329 g/mol. The van der Waals surface area contributed by atoms with Crippen molar-refractivity contribution in [3.05, 3.63) is 71.4 Å². The van der Waals surface area contributed by atoms with E-state index < -0.39 is 7.87 Å². The molecule has 0 bridgehead atoms. The van der Waals surface area contributed by atoms with Gasteiger partial charge in [0, 0.05) is 5.56 Å². The van der Waals surface area contributed by atoms with Gasteiger partial charge < -0.3 is 4.89 Å². The first-order chi connectivity index (χ1) is 12.2. The molecule has 0 fully saturated rings. The van der Waals surface area contributed by atoms with Gasteiger partial charge in [-0.25, -0.2) is 9.19 Å². The molecule has 3 nitrogen and oxygen atoms in total. The molecule has 1 aliphatic rings. The predicted molar refractivity (Wildman–Crippen MR) is 104 cm³/mol. The first kappa shape index (κ1) is 18.1. The van der Waals surface area contributed by atoms with Crippen molar-refractivity contribution in [2.45, 2.75) is 39.7 Å². The minimum atomic E-state index is -3.11. The molecule has 2 aromatic rings. The molecule has 0 N–H and O–H groups in total. The monoisotopic (exact) mass is 355 g/mol. The molecule has 2 aromatic carbocycles. The average molecular weight is 355 g/mol. The van der Waals surface area contributed by atoms with Crippen LogP contribution in [0.1, 0.15) is 44.2 Å². The Morgan fingerprint density at radius 1 is 1.00 bits per heavy atom. The highest BCUT2D eigenvalue weighted by Crippen LogP contribution is 2.59. The second-order valence-corrected chi connectivity index (χ2v) is 8.54. The number of hydrogen-bond donors (Lipinski definition) is 0. The zero-order chi connectivity index (χ0) is 17.7. The Morgan fingerprint density at radius 3 is 2.44 bits per heavy atom. The van der Waals surface area contributed by atoms with Crippen LogP contribution in [0, 0.1) is 0 Å². The third-order valence-electron chi connectivity index (χ3n) is 4.48. The maximum Gasteiger partial charge on any atom is 0.230 e. The van der Waals surface area contributed by atoms with Crippen LogP contribution in [-0.2, 0) is 11.1 Å². The van der Waals surface area contributed by atoms with Gasteiger partial charge in [0.2, 0.25) is 7.87 Å². The van der Waals surface area contributed by atoms with Crippen molar-refractivity contribution >= 4 is 19.2 Å². The minimum absolute atomic E-state index is 0.429. The van der Waals surface area contributed by atoms with Gasteiger partial charge in [0.25, 0.3) is 0 Å². The summed E-state index contributed by atoms with van der Waals surface area (Å²) < 4.78 is 7.95. The van der Waals surface area contributed by atoms with E-state index in [9.17, 15) is 4.89 Å². The van der Waals surface area contributed by atoms with Crippen molar-refractivity contribution in [2.24, 2.45) is 0 Å². The summed E-state index contributed by atoms with van der Waals surface area (Å²) in [6.45, 7) is 5.12. The van der Waals surface area contributed by atoms with Gasteiger partial charge in [-0.05, 0) is 37.5 Å². The molecule has 132 valence electrons. The molecule has 4 heteroatoms. The fraction of sp³-hybridized carbons (Fsp3) is 0.333. The molecule has 0 spiro atoms. The van der Waals surface area contributed by atoms with Crippen LogP contribution in [0.25, 0.3) is 6.08 Å². The van der Waals surface area contributed by atoms with E-state index in [1.54, 1.807) is 0 Å². The van der Waals surface area contributed by atoms with Crippen molar-refractivity contribution in [1.29, 1.82) is 0 Å². The molecule has 0 saturated heterocycles. The molecule has 0 saturated carbocycles. The lowest BCUT2D eigenvalue weighted by Crippen LogP contribution is -2.42. The Bertz CT molecular complexity index is 732. The molecule has 3 rings (SSSR count). The topological polar surface area (TPSA) is 35.5 Å². The predicted octanol–water partition coefficient (Wildman–Crippen LogP) is 4.52. The quantitative estimate of drug-likeness (QED) is 0.685. The third kappa shape index (κ3) is 3.79. The molecule has 1 heterocycles. The highest BCUT2D eigenvalue weighted by molar-refractivity contribution is 7.70. The van der Waals surface area contributed by atoms with Gasteiger partial charge >= 0.3 is 0 Å². The van der Waals surface area contributed by atoms with Gasteiger partial charge in [0.05, 0.1) is 18.8 Å². The Hall–Kier alpha value is -1.67. The Balaban J connectivity index is 2.05. The summed E-state index contributed by atoms with van der Waals surface area (Å²) in [5.41, 5.74) is 3.28. The van der Waals surface area contributed by atoms with Crippen molar-refractivity contribution < 1.29 is 9.42 Å². The number of nitrogens with zero attached hydrogens (tertiary/aromatic N) is 1. The zero-order valence-electron chi connectivity index (χ0n) is 15.0. The molecule has 25 heavy (non-hydrogen) atoms. The Labute approximate surface area is 151 Å². The zero-order valence-corrected chi connectivity index (χ0v) is 15.9. The van der Waals surface area contributed by atoms with E-state index in [0.29, 0.717) is 13.2 Å². The second kappa shape index (κ2) is 8.14. The SMILES string of the molecule is CCCCC1=Cc2ccccc2[P+]([O-])(OCC)N1Cc1ccccc1. The lowest BCUT2D eigenvalue weighted by Gasteiger charge is -2.43. The lowest BCUT2D eigenvalue weighted by molar-refractivity contribution is -0.200. The van der Waals surface area contributed by atoms with E-state index in [4.69, 9.17) is 4.52 Å². The van der Waals surface area contributed by atoms with Crippen molar-refractivity contribution in [3.8, 4) is 0 Å². The van der Waals surface area contributed by atoms with Crippen LogP contribution in [0.15, 0.2) is 60.3 Å². The Kier molecular flexibility index (Phi) is 5.90. The number of unbranched alkanes of at least 4 members (excludes halogenated alkanes) is 1. The first-order valence-corrected chi connectivity index (χ1v) is 10.6. The number of allylic oxidation sites excluding steroid dienone is 1. The van der Waals surface area contributed by atoms with Crippen LogP contribution in [-0.4, -0.2) is 11.3 Å². The van der Waals surface area contributed by atoms with Gasteiger partial charge in [-0.1, -0.05) is 61.9 Å². The van der Waals surface area contributed by atoms with Crippen LogP contribution < -0.4 is 10.2 Å². The second-order valence-electron chi connectivity index (χ2n) is 6.28. The molecule has 1 aliphatic heterocycles. The molecule has 0 radical (unpaired) electrons. The smallest absolute Gasteiger partial charge is 0.230 e.